The molecule has 0 bridgehead atoms. The summed E-state index contributed by atoms with van der Waals surface area (Å²) < 4.78 is 0. The molecule has 3 rings (SSSR count). The Morgan fingerprint density at radius 3 is 2.00 bits per heavy atom. The van der Waals surface area contributed by atoms with Gasteiger partial charge in [0.1, 0.15) is 0 Å². The molecule has 1 aromatic rings. The minimum absolute atomic E-state index is 0. The number of rotatable bonds is 2. The van der Waals surface area contributed by atoms with Crippen molar-refractivity contribution in [2.24, 2.45) is 4.99 Å². The van der Waals surface area contributed by atoms with Gasteiger partial charge in [0.25, 0.3) is 0 Å². The molecule has 3 heteroatoms. The molecule has 0 amide bonds. The average molecular weight is 324 g/mol. The standard InChI is InChI=1S/C12H9ClN.C5H5.Fe/c13-11-6-3-7-12(8-11)14-9-10-4-1-2-5-10;1-2-4-5-3-1;/h1-9H;1-5H;. The molecule has 0 spiro atoms. The Balaban J connectivity index is 0.000000283. The smallest absolute Gasteiger partial charge is 0.0640 e. The van der Waals surface area contributed by atoms with Gasteiger partial charge in [0.15, 0.2) is 0 Å². The monoisotopic (exact) mass is 323 g/mol. The largest absolute Gasteiger partial charge is 0.261 e. The Hall–Kier alpha value is -0.301. The quantitative estimate of drug-likeness (QED) is 0.562. The van der Waals surface area contributed by atoms with E-state index in [2.05, 4.69) is 4.99 Å². The molecule has 1 nitrogen and oxygen atoms in total. The number of nitrogens with zero attached hydrogens (tertiary/aromatic N) is 1. The van der Waals surface area contributed by atoms with Crippen LogP contribution in [0.25, 0.3) is 0 Å². The summed E-state index contributed by atoms with van der Waals surface area (Å²) in [7, 11) is 0. The van der Waals surface area contributed by atoms with Crippen LogP contribution in [-0.4, -0.2) is 6.21 Å². The first-order valence-electron chi connectivity index (χ1n) is 6.02. The molecule has 0 unspecified atom stereocenters. The predicted octanol–water partition coefficient (Wildman–Crippen LogP) is 4.47. The molecule has 2 aliphatic carbocycles. The fourth-order valence-electron chi connectivity index (χ4n) is 1.50. The van der Waals surface area contributed by atoms with Crippen molar-refractivity contribution in [3.63, 3.8) is 0 Å². The van der Waals surface area contributed by atoms with Gasteiger partial charge in [-0.3, -0.25) is 4.99 Å². The first-order valence-corrected chi connectivity index (χ1v) is 6.40. The fourth-order valence-corrected chi connectivity index (χ4v) is 1.69. The minimum atomic E-state index is 0. The van der Waals surface area contributed by atoms with Crippen LogP contribution in [0.2, 0.25) is 5.02 Å². The van der Waals surface area contributed by atoms with Crippen molar-refractivity contribution in [2.75, 3.05) is 0 Å². The first kappa shape index (κ1) is 17.8. The van der Waals surface area contributed by atoms with Crippen molar-refractivity contribution in [3.8, 4) is 0 Å². The molecule has 2 saturated carbocycles. The maximum Gasteiger partial charge on any atom is 0.0640 e. The summed E-state index contributed by atoms with van der Waals surface area (Å²) in [6.45, 7) is 0. The Kier molecular flexibility index (Phi) is 9.26. The van der Waals surface area contributed by atoms with Crippen molar-refractivity contribution in [1.29, 1.82) is 0 Å². The van der Waals surface area contributed by atoms with Crippen LogP contribution in [0.15, 0.2) is 29.3 Å². The van der Waals surface area contributed by atoms with E-state index in [1.54, 1.807) is 0 Å². The number of hydrogen-bond donors (Lipinski definition) is 0. The van der Waals surface area contributed by atoms with E-state index in [0.717, 1.165) is 11.6 Å². The maximum absolute atomic E-state index is 5.83. The van der Waals surface area contributed by atoms with E-state index in [4.69, 9.17) is 11.6 Å². The number of halogens is 1. The second kappa shape index (κ2) is 10.4. The summed E-state index contributed by atoms with van der Waals surface area (Å²) in [5.74, 6) is 1.10. The van der Waals surface area contributed by atoms with Gasteiger partial charge in [-0.1, -0.05) is 17.7 Å². The summed E-state index contributed by atoms with van der Waals surface area (Å²) in [4.78, 5) is 4.30. The van der Waals surface area contributed by atoms with Gasteiger partial charge in [-0.25, -0.2) is 0 Å². The van der Waals surface area contributed by atoms with E-state index in [0.29, 0.717) is 5.02 Å². The van der Waals surface area contributed by atoms with Crippen LogP contribution < -0.4 is 0 Å². The van der Waals surface area contributed by atoms with Crippen molar-refractivity contribution in [1.82, 2.24) is 0 Å². The topological polar surface area (TPSA) is 12.4 Å². The molecule has 0 heterocycles. The third-order valence-corrected chi connectivity index (χ3v) is 2.65. The summed E-state index contributed by atoms with van der Waals surface area (Å²) in [6.07, 6.45) is 19.8. The molecule has 0 aliphatic heterocycles. The molecule has 0 aromatic heterocycles. The van der Waals surface area contributed by atoms with E-state index in [-0.39, 0.29) is 17.1 Å². The fraction of sp³-hybridized carbons (Fsp3) is 0. The van der Waals surface area contributed by atoms with Gasteiger partial charge in [0.05, 0.1) is 5.69 Å². The van der Waals surface area contributed by atoms with Crippen LogP contribution in [0.1, 0.15) is 0 Å². The van der Waals surface area contributed by atoms with Crippen LogP contribution >= 0.6 is 11.6 Å². The zero-order chi connectivity index (χ0) is 13.3. The van der Waals surface area contributed by atoms with Crippen molar-refractivity contribution in [2.45, 2.75) is 0 Å². The molecule has 2 fully saturated rings. The van der Waals surface area contributed by atoms with E-state index >= 15 is 0 Å². The van der Waals surface area contributed by atoms with Crippen LogP contribution in [-0.2, 0) is 17.1 Å². The van der Waals surface area contributed by atoms with Crippen molar-refractivity contribution in [3.05, 3.63) is 93.0 Å². The zero-order valence-corrected chi connectivity index (χ0v) is 12.6. The molecule has 20 heavy (non-hydrogen) atoms. The van der Waals surface area contributed by atoms with Gasteiger partial charge in [-0.05, 0) is 76.0 Å². The van der Waals surface area contributed by atoms with Crippen LogP contribution in [0, 0.1) is 63.7 Å². The number of hydrogen-bond acceptors (Lipinski definition) is 1. The molecular formula is C17H14ClFeN. The van der Waals surface area contributed by atoms with Crippen LogP contribution in [0.4, 0.5) is 5.69 Å². The SMILES string of the molecule is Clc1cccc(N=C[C]2[CH][CH][CH][CH]2)c1.[CH]1[CH][CH][CH][CH]1.[Fe]. The van der Waals surface area contributed by atoms with Crippen LogP contribution in [0.3, 0.4) is 0 Å². The normalized spacial score (nSPS) is 18.6. The van der Waals surface area contributed by atoms with Crippen molar-refractivity contribution < 1.29 is 17.1 Å². The Labute approximate surface area is 138 Å². The van der Waals surface area contributed by atoms with E-state index in [1.807, 2.05) is 88.3 Å². The third-order valence-electron chi connectivity index (χ3n) is 2.41. The molecule has 0 saturated heterocycles. The first-order chi connectivity index (χ1) is 9.34. The van der Waals surface area contributed by atoms with E-state index < -0.39 is 0 Å². The third kappa shape index (κ3) is 6.92. The second-order valence-corrected chi connectivity index (χ2v) is 4.35. The van der Waals surface area contributed by atoms with Gasteiger partial charge < -0.3 is 0 Å². The predicted molar refractivity (Wildman–Crippen MR) is 81.5 cm³/mol. The van der Waals surface area contributed by atoms with Gasteiger partial charge >= 0.3 is 0 Å². The summed E-state index contributed by atoms with van der Waals surface area (Å²) in [5, 5.41) is 0.710. The van der Waals surface area contributed by atoms with Gasteiger partial charge in [-0.15, -0.1) is 0 Å². The molecule has 0 N–H and O–H groups in total. The van der Waals surface area contributed by atoms with Gasteiger partial charge in [0, 0.05) is 34.2 Å². The van der Waals surface area contributed by atoms with Crippen LogP contribution in [0.5, 0.6) is 0 Å². The Morgan fingerprint density at radius 1 is 0.850 bits per heavy atom. The summed E-state index contributed by atoms with van der Waals surface area (Å²) in [5.41, 5.74) is 0.874. The summed E-state index contributed by atoms with van der Waals surface area (Å²) >= 11 is 5.83. The molecule has 2 aliphatic rings. The second-order valence-electron chi connectivity index (χ2n) is 3.92. The number of benzene rings is 1. The molecular weight excluding hydrogens is 309 g/mol. The zero-order valence-electron chi connectivity index (χ0n) is 10.8. The van der Waals surface area contributed by atoms with E-state index in [1.165, 1.54) is 0 Å². The Morgan fingerprint density at radius 2 is 1.45 bits per heavy atom. The summed E-state index contributed by atoms with van der Waals surface area (Å²) in [6, 6.07) is 7.48. The van der Waals surface area contributed by atoms with E-state index in [9.17, 15) is 0 Å². The van der Waals surface area contributed by atoms with Crippen molar-refractivity contribution >= 4 is 23.5 Å². The molecule has 1 aromatic carbocycles. The Bertz CT molecular complexity index is 388. The minimum Gasteiger partial charge on any atom is -0.261 e. The molecule has 0 atom stereocenters. The average Bonchev–Trinajstić information content (AvgIpc) is 3.12. The van der Waals surface area contributed by atoms with Gasteiger partial charge in [0.2, 0.25) is 0 Å². The maximum atomic E-state index is 5.83. The molecule has 102 valence electrons. The molecule has 10 radical (unpaired) electrons. The number of aliphatic imine (C=N–C) groups is 1. The van der Waals surface area contributed by atoms with Gasteiger partial charge in [-0.2, -0.15) is 0 Å².